The number of ether oxygens (including phenoxy) is 1. The second-order valence-electron chi connectivity index (χ2n) is 7.94. The summed E-state index contributed by atoms with van der Waals surface area (Å²) in [7, 11) is 0. The molecule has 1 amide bonds. The standard InChI is InChI=1S/C21H28N4O5/c1-3-28-21(27)16-9-23(13-18-5-4-8-29-18)11-17-12-25(7-6-24(17)10-16)20(26)19-14-30-22-15(19)2/h4-5,8,14,16-17H,3,6-7,9-13H2,1-2H3/t16-,17-/m1/s1. The van der Waals surface area contributed by atoms with Crippen molar-refractivity contribution in [2.75, 3.05) is 45.9 Å². The first-order valence-electron chi connectivity index (χ1n) is 10.4. The zero-order valence-electron chi connectivity index (χ0n) is 17.5. The minimum Gasteiger partial charge on any atom is -0.468 e. The molecule has 0 radical (unpaired) electrons. The van der Waals surface area contributed by atoms with Gasteiger partial charge in [0, 0.05) is 45.3 Å². The molecule has 2 aliphatic heterocycles. The number of aromatic nitrogens is 1. The maximum atomic E-state index is 12.9. The molecule has 0 aliphatic carbocycles. The van der Waals surface area contributed by atoms with E-state index in [-0.39, 0.29) is 23.8 Å². The molecule has 4 heterocycles. The van der Waals surface area contributed by atoms with Crippen molar-refractivity contribution in [2.24, 2.45) is 5.92 Å². The van der Waals surface area contributed by atoms with Crippen LogP contribution in [-0.2, 0) is 16.1 Å². The van der Waals surface area contributed by atoms with Crippen molar-refractivity contribution in [1.82, 2.24) is 19.9 Å². The van der Waals surface area contributed by atoms with Gasteiger partial charge in [-0.2, -0.15) is 0 Å². The summed E-state index contributed by atoms with van der Waals surface area (Å²) in [5.41, 5.74) is 1.11. The van der Waals surface area contributed by atoms with Crippen molar-refractivity contribution >= 4 is 11.9 Å². The first-order valence-corrected chi connectivity index (χ1v) is 10.4. The zero-order valence-corrected chi connectivity index (χ0v) is 17.5. The van der Waals surface area contributed by atoms with E-state index in [1.54, 1.807) is 13.2 Å². The van der Waals surface area contributed by atoms with Crippen molar-refractivity contribution in [3.8, 4) is 0 Å². The fourth-order valence-electron chi connectivity index (χ4n) is 4.35. The molecule has 30 heavy (non-hydrogen) atoms. The lowest BCUT2D eigenvalue weighted by atomic mass is 10.1. The van der Waals surface area contributed by atoms with Gasteiger partial charge in [-0.3, -0.25) is 19.4 Å². The van der Waals surface area contributed by atoms with Gasteiger partial charge in [0.15, 0.2) is 0 Å². The molecule has 2 fully saturated rings. The lowest BCUT2D eigenvalue weighted by molar-refractivity contribution is -0.149. The maximum absolute atomic E-state index is 12.9. The van der Waals surface area contributed by atoms with Crippen molar-refractivity contribution < 1.29 is 23.3 Å². The predicted molar refractivity (Wildman–Crippen MR) is 107 cm³/mol. The van der Waals surface area contributed by atoms with Crippen molar-refractivity contribution in [3.63, 3.8) is 0 Å². The van der Waals surface area contributed by atoms with Gasteiger partial charge in [0.1, 0.15) is 17.6 Å². The van der Waals surface area contributed by atoms with E-state index < -0.39 is 0 Å². The molecule has 4 rings (SSSR count). The van der Waals surface area contributed by atoms with Crippen LogP contribution in [0.2, 0.25) is 0 Å². The van der Waals surface area contributed by atoms with Gasteiger partial charge in [-0.05, 0) is 26.0 Å². The van der Waals surface area contributed by atoms with Crippen LogP contribution in [-0.4, -0.2) is 83.7 Å². The Bertz CT molecular complexity index is 865. The number of nitrogens with zero attached hydrogens (tertiary/aromatic N) is 4. The average molecular weight is 416 g/mol. The van der Waals surface area contributed by atoms with Gasteiger partial charge in [-0.25, -0.2) is 0 Å². The van der Waals surface area contributed by atoms with Crippen LogP contribution in [0.4, 0.5) is 0 Å². The van der Waals surface area contributed by atoms with Crippen LogP contribution in [0, 0.1) is 12.8 Å². The molecule has 0 N–H and O–H groups in total. The largest absolute Gasteiger partial charge is 0.468 e. The summed E-state index contributed by atoms with van der Waals surface area (Å²) in [5.74, 6) is 0.403. The average Bonchev–Trinajstić information content (AvgIpc) is 3.35. The van der Waals surface area contributed by atoms with Gasteiger partial charge < -0.3 is 18.6 Å². The van der Waals surface area contributed by atoms with E-state index in [1.807, 2.05) is 24.0 Å². The van der Waals surface area contributed by atoms with Crippen LogP contribution in [0.1, 0.15) is 28.7 Å². The molecule has 2 aromatic heterocycles. The third-order valence-electron chi connectivity index (χ3n) is 5.85. The number of rotatable bonds is 5. The Morgan fingerprint density at radius 3 is 2.80 bits per heavy atom. The van der Waals surface area contributed by atoms with Crippen LogP contribution in [0.15, 0.2) is 33.6 Å². The number of amides is 1. The molecule has 0 saturated carbocycles. The topological polar surface area (TPSA) is 92.3 Å². The lowest BCUT2D eigenvalue weighted by Gasteiger charge is -2.41. The molecule has 9 nitrogen and oxygen atoms in total. The second-order valence-corrected chi connectivity index (χ2v) is 7.94. The van der Waals surface area contributed by atoms with E-state index in [2.05, 4.69) is 15.0 Å². The van der Waals surface area contributed by atoms with E-state index in [9.17, 15) is 9.59 Å². The van der Waals surface area contributed by atoms with Gasteiger partial charge in [0.25, 0.3) is 5.91 Å². The maximum Gasteiger partial charge on any atom is 0.311 e. The molecule has 0 unspecified atom stereocenters. The van der Waals surface area contributed by atoms with Crippen LogP contribution in [0.3, 0.4) is 0 Å². The monoisotopic (exact) mass is 416 g/mol. The summed E-state index contributed by atoms with van der Waals surface area (Å²) >= 11 is 0. The highest BCUT2D eigenvalue weighted by Gasteiger charge is 2.38. The highest BCUT2D eigenvalue weighted by atomic mass is 16.5. The fourth-order valence-corrected chi connectivity index (χ4v) is 4.35. The Hall–Kier alpha value is -2.65. The van der Waals surface area contributed by atoms with Gasteiger partial charge in [-0.1, -0.05) is 5.16 Å². The molecule has 9 heteroatoms. The van der Waals surface area contributed by atoms with Crippen LogP contribution in [0.5, 0.6) is 0 Å². The Morgan fingerprint density at radius 2 is 2.10 bits per heavy atom. The summed E-state index contributed by atoms with van der Waals surface area (Å²) in [4.78, 5) is 31.9. The number of fused-ring (bicyclic) bond motifs is 1. The number of piperazine rings is 1. The first-order chi connectivity index (χ1) is 14.5. The Kier molecular flexibility index (Phi) is 6.19. The van der Waals surface area contributed by atoms with Gasteiger partial charge >= 0.3 is 5.97 Å². The first kappa shape index (κ1) is 20.6. The summed E-state index contributed by atoms with van der Waals surface area (Å²) in [6, 6.07) is 3.93. The third kappa shape index (κ3) is 4.41. The van der Waals surface area contributed by atoms with Crippen LogP contribution < -0.4 is 0 Å². The Balaban J connectivity index is 1.50. The van der Waals surface area contributed by atoms with Crippen molar-refractivity contribution in [3.05, 3.63) is 41.7 Å². The molecular weight excluding hydrogens is 388 g/mol. The normalized spacial score (nSPS) is 23.1. The SMILES string of the molecule is CCOC(=O)[C@@H]1CN(Cc2ccco2)C[C@@H]2CN(C(=O)c3conc3C)CCN2C1. The number of carbonyl (C=O) groups excluding carboxylic acids is 2. The summed E-state index contributed by atoms with van der Waals surface area (Å²) in [5, 5.41) is 3.83. The summed E-state index contributed by atoms with van der Waals surface area (Å²) in [6.45, 7) is 8.47. The number of carbonyl (C=O) groups is 2. The molecule has 0 bridgehead atoms. The molecule has 162 valence electrons. The number of furan rings is 1. The Labute approximate surface area is 175 Å². The highest BCUT2D eigenvalue weighted by Crippen LogP contribution is 2.23. The number of hydrogen-bond acceptors (Lipinski definition) is 8. The molecule has 0 aromatic carbocycles. The van der Waals surface area contributed by atoms with Gasteiger partial charge in [0.2, 0.25) is 0 Å². The van der Waals surface area contributed by atoms with E-state index in [1.165, 1.54) is 6.26 Å². The lowest BCUT2D eigenvalue weighted by Crippen LogP contribution is -2.57. The highest BCUT2D eigenvalue weighted by molar-refractivity contribution is 5.94. The van der Waals surface area contributed by atoms with Gasteiger partial charge in [-0.15, -0.1) is 0 Å². The number of esters is 1. The molecule has 0 spiro atoms. The van der Waals surface area contributed by atoms with Gasteiger partial charge in [0.05, 0.1) is 31.0 Å². The smallest absolute Gasteiger partial charge is 0.311 e. The minimum atomic E-state index is -0.229. The minimum absolute atomic E-state index is 0.0582. The zero-order chi connectivity index (χ0) is 21.1. The quantitative estimate of drug-likeness (QED) is 0.676. The molecule has 2 saturated heterocycles. The van der Waals surface area contributed by atoms with E-state index >= 15 is 0 Å². The number of aryl methyl sites for hydroxylation is 1. The van der Waals surface area contributed by atoms with E-state index in [0.29, 0.717) is 57.1 Å². The molecule has 2 atom stereocenters. The van der Waals surface area contributed by atoms with Crippen LogP contribution in [0.25, 0.3) is 0 Å². The summed E-state index contributed by atoms with van der Waals surface area (Å²) in [6.07, 6.45) is 3.07. The predicted octanol–water partition coefficient (Wildman–Crippen LogP) is 1.40. The molecule has 2 aliphatic rings. The molecule has 2 aromatic rings. The number of hydrogen-bond donors (Lipinski definition) is 0. The van der Waals surface area contributed by atoms with Crippen LogP contribution >= 0.6 is 0 Å². The second kappa shape index (κ2) is 9.01. The van der Waals surface area contributed by atoms with E-state index in [4.69, 9.17) is 13.7 Å². The molecular formula is C21H28N4O5. The van der Waals surface area contributed by atoms with E-state index in [0.717, 1.165) is 12.3 Å². The Morgan fingerprint density at radius 1 is 1.23 bits per heavy atom. The summed E-state index contributed by atoms with van der Waals surface area (Å²) < 4.78 is 15.8. The van der Waals surface area contributed by atoms with Crippen molar-refractivity contribution in [1.29, 1.82) is 0 Å². The third-order valence-corrected chi connectivity index (χ3v) is 5.85. The fraction of sp³-hybridized carbons (Fsp3) is 0.571. The van der Waals surface area contributed by atoms with Crippen molar-refractivity contribution in [2.45, 2.75) is 26.4 Å².